The summed E-state index contributed by atoms with van der Waals surface area (Å²) in [5.41, 5.74) is 1.81. The molecule has 2 aromatic rings. The predicted octanol–water partition coefficient (Wildman–Crippen LogP) is 3.48. The minimum Gasteiger partial charge on any atom is -0.396 e. The zero-order valence-electron chi connectivity index (χ0n) is 12.9. The van der Waals surface area contributed by atoms with Gasteiger partial charge in [-0.3, -0.25) is 0 Å². The summed E-state index contributed by atoms with van der Waals surface area (Å²) in [6.45, 7) is 1.02. The maximum Gasteiger partial charge on any atom is 0.123 e. The largest absolute Gasteiger partial charge is 0.396 e. The van der Waals surface area contributed by atoms with Crippen LogP contribution in [0, 0.1) is 11.7 Å². The molecule has 23 heavy (non-hydrogen) atoms. The van der Waals surface area contributed by atoms with E-state index in [1.54, 1.807) is 6.07 Å². The Morgan fingerprint density at radius 2 is 1.96 bits per heavy atom. The molecule has 1 aliphatic rings. The summed E-state index contributed by atoms with van der Waals surface area (Å²) >= 11 is 0. The molecule has 0 saturated carbocycles. The molecule has 1 N–H and O–H groups in total. The maximum absolute atomic E-state index is 13.5. The molecule has 1 heterocycles. The van der Waals surface area contributed by atoms with E-state index < -0.39 is 0 Å². The summed E-state index contributed by atoms with van der Waals surface area (Å²) < 4.78 is 25.5. The average Bonchev–Trinajstić information content (AvgIpc) is 2.60. The molecular formula is C19H21FO3. The van der Waals surface area contributed by atoms with Crippen molar-refractivity contribution in [2.24, 2.45) is 5.92 Å². The van der Waals surface area contributed by atoms with E-state index in [9.17, 15) is 9.50 Å². The lowest BCUT2D eigenvalue weighted by Gasteiger charge is -2.37. The fourth-order valence-corrected chi connectivity index (χ4v) is 3.01. The number of aliphatic hydroxyl groups excluding tert-OH is 1. The van der Waals surface area contributed by atoms with E-state index in [1.807, 2.05) is 36.4 Å². The fourth-order valence-electron chi connectivity index (χ4n) is 3.01. The van der Waals surface area contributed by atoms with Crippen LogP contribution < -0.4 is 0 Å². The van der Waals surface area contributed by atoms with Gasteiger partial charge in [-0.15, -0.1) is 0 Å². The summed E-state index contributed by atoms with van der Waals surface area (Å²) in [5.74, 6) is -0.306. The summed E-state index contributed by atoms with van der Waals surface area (Å²) in [6.07, 6.45) is 0.0815. The lowest BCUT2D eigenvalue weighted by Crippen LogP contribution is -2.39. The predicted molar refractivity (Wildman–Crippen MR) is 85.3 cm³/mol. The highest BCUT2D eigenvalue weighted by Gasteiger charge is 2.36. The van der Waals surface area contributed by atoms with Gasteiger partial charge in [0, 0.05) is 19.1 Å². The SMILES string of the molecule is OCC1CCOC(c2cccc(F)c2)C1OCc1ccccc1. The van der Waals surface area contributed by atoms with E-state index in [1.165, 1.54) is 12.1 Å². The van der Waals surface area contributed by atoms with Crippen LogP contribution >= 0.6 is 0 Å². The first kappa shape index (κ1) is 16.1. The molecular weight excluding hydrogens is 295 g/mol. The Kier molecular flexibility index (Phi) is 5.39. The second-order valence-electron chi connectivity index (χ2n) is 5.84. The van der Waals surface area contributed by atoms with Gasteiger partial charge in [-0.2, -0.15) is 0 Å². The van der Waals surface area contributed by atoms with Gasteiger partial charge < -0.3 is 14.6 Å². The fraction of sp³-hybridized carbons (Fsp3) is 0.368. The Balaban J connectivity index is 1.78. The second-order valence-corrected chi connectivity index (χ2v) is 5.84. The van der Waals surface area contributed by atoms with Crippen LogP contribution in [0.2, 0.25) is 0 Å². The molecule has 0 amide bonds. The van der Waals surface area contributed by atoms with E-state index in [0.29, 0.717) is 13.2 Å². The zero-order valence-corrected chi connectivity index (χ0v) is 12.9. The van der Waals surface area contributed by atoms with Crippen LogP contribution in [0.15, 0.2) is 54.6 Å². The first-order valence-corrected chi connectivity index (χ1v) is 7.91. The first-order valence-electron chi connectivity index (χ1n) is 7.91. The van der Waals surface area contributed by atoms with Crippen molar-refractivity contribution in [2.45, 2.75) is 25.2 Å². The highest BCUT2D eigenvalue weighted by molar-refractivity contribution is 5.21. The van der Waals surface area contributed by atoms with E-state index in [2.05, 4.69) is 0 Å². The Labute approximate surface area is 135 Å². The first-order chi connectivity index (χ1) is 11.3. The number of rotatable bonds is 5. The monoisotopic (exact) mass is 316 g/mol. The van der Waals surface area contributed by atoms with Gasteiger partial charge in [-0.05, 0) is 29.7 Å². The van der Waals surface area contributed by atoms with Gasteiger partial charge in [0.25, 0.3) is 0 Å². The zero-order chi connectivity index (χ0) is 16.1. The van der Waals surface area contributed by atoms with Crippen molar-refractivity contribution < 1.29 is 19.0 Å². The third-order valence-electron chi connectivity index (χ3n) is 4.25. The molecule has 0 aromatic heterocycles. The smallest absolute Gasteiger partial charge is 0.123 e. The molecule has 1 saturated heterocycles. The van der Waals surface area contributed by atoms with Crippen molar-refractivity contribution >= 4 is 0 Å². The minimum absolute atomic E-state index is 0.0132. The van der Waals surface area contributed by atoms with Gasteiger partial charge in [0.15, 0.2) is 0 Å². The maximum atomic E-state index is 13.5. The van der Waals surface area contributed by atoms with Gasteiger partial charge in [-0.25, -0.2) is 4.39 Å². The van der Waals surface area contributed by atoms with Crippen molar-refractivity contribution in [1.82, 2.24) is 0 Å². The van der Waals surface area contributed by atoms with E-state index in [4.69, 9.17) is 9.47 Å². The van der Waals surface area contributed by atoms with Gasteiger partial charge in [0.1, 0.15) is 11.9 Å². The number of hydrogen-bond acceptors (Lipinski definition) is 3. The topological polar surface area (TPSA) is 38.7 Å². The van der Waals surface area contributed by atoms with Crippen LogP contribution in [-0.4, -0.2) is 24.4 Å². The molecule has 4 heteroatoms. The Morgan fingerprint density at radius 3 is 2.70 bits per heavy atom. The summed E-state index contributed by atoms with van der Waals surface area (Å²) in [6, 6.07) is 16.3. The molecule has 0 bridgehead atoms. The molecule has 1 fully saturated rings. The van der Waals surface area contributed by atoms with Gasteiger partial charge in [0.2, 0.25) is 0 Å². The number of halogens is 1. The second kappa shape index (κ2) is 7.68. The molecule has 0 radical (unpaired) electrons. The van der Waals surface area contributed by atoms with Crippen LogP contribution in [0.3, 0.4) is 0 Å². The lowest BCUT2D eigenvalue weighted by atomic mass is 9.89. The van der Waals surface area contributed by atoms with Crippen molar-refractivity contribution in [3.8, 4) is 0 Å². The minimum atomic E-state index is -0.361. The Hall–Kier alpha value is -1.75. The van der Waals surface area contributed by atoms with E-state index in [0.717, 1.165) is 17.5 Å². The standard InChI is InChI=1S/C19H21FO3/c20-17-8-4-7-15(11-17)18-19(16(12-21)9-10-22-18)23-13-14-5-2-1-3-6-14/h1-8,11,16,18-19,21H,9-10,12-13H2. The lowest BCUT2D eigenvalue weighted by molar-refractivity contribution is -0.150. The summed E-state index contributed by atoms with van der Waals surface area (Å²) in [4.78, 5) is 0. The van der Waals surface area contributed by atoms with Crippen LogP contribution in [0.4, 0.5) is 4.39 Å². The molecule has 3 unspecified atom stereocenters. The quantitative estimate of drug-likeness (QED) is 0.918. The van der Waals surface area contributed by atoms with E-state index in [-0.39, 0.29) is 30.5 Å². The van der Waals surface area contributed by atoms with Crippen LogP contribution in [-0.2, 0) is 16.1 Å². The highest BCUT2D eigenvalue weighted by Crippen LogP contribution is 2.35. The number of aliphatic hydroxyl groups is 1. The highest BCUT2D eigenvalue weighted by atomic mass is 19.1. The number of benzene rings is 2. The van der Waals surface area contributed by atoms with Crippen LogP contribution in [0.25, 0.3) is 0 Å². The number of hydrogen-bond donors (Lipinski definition) is 1. The molecule has 0 aliphatic carbocycles. The summed E-state index contributed by atoms with van der Waals surface area (Å²) in [7, 11) is 0. The Bertz CT molecular complexity index is 617. The molecule has 0 spiro atoms. The molecule has 3 atom stereocenters. The summed E-state index contributed by atoms with van der Waals surface area (Å²) in [5, 5.41) is 9.67. The number of ether oxygens (including phenoxy) is 2. The third kappa shape index (κ3) is 3.96. The van der Waals surface area contributed by atoms with Crippen LogP contribution in [0.1, 0.15) is 23.7 Å². The van der Waals surface area contributed by atoms with Crippen molar-refractivity contribution in [1.29, 1.82) is 0 Å². The molecule has 3 rings (SSSR count). The molecule has 2 aromatic carbocycles. The van der Waals surface area contributed by atoms with Crippen molar-refractivity contribution in [2.75, 3.05) is 13.2 Å². The molecule has 122 valence electrons. The normalized spacial score (nSPS) is 24.5. The Morgan fingerprint density at radius 1 is 1.13 bits per heavy atom. The van der Waals surface area contributed by atoms with Crippen molar-refractivity contribution in [3.63, 3.8) is 0 Å². The van der Waals surface area contributed by atoms with Crippen LogP contribution in [0.5, 0.6) is 0 Å². The van der Waals surface area contributed by atoms with Crippen molar-refractivity contribution in [3.05, 3.63) is 71.5 Å². The average molecular weight is 316 g/mol. The van der Waals surface area contributed by atoms with Gasteiger partial charge >= 0.3 is 0 Å². The molecule has 1 aliphatic heterocycles. The third-order valence-corrected chi connectivity index (χ3v) is 4.25. The molecule has 3 nitrogen and oxygen atoms in total. The van der Waals surface area contributed by atoms with Gasteiger partial charge in [0.05, 0.1) is 12.7 Å². The van der Waals surface area contributed by atoms with E-state index >= 15 is 0 Å². The van der Waals surface area contributed by atoms with Gasteiger partial charge in [-0.1, -0.05) is 42.5 Å².